The molecular weight excluding hydrogens is 226 g/mol. The van der Waals surface area contributed by atoms with Gasteiger partial charge in [0.25, 0.3) is 0 Å². The van der Waals surface area contributed by atoms with Crippen LogP contribution in [0.1, 0.15) is 26.3 Å². The smallest absolute Gasteiger partial charge is 0.180 e. The van der Waals surface area contributed by atoms with Crippen LogP contribution in [0.3, 0.4) is 0 Å². The van der Waals surface area contributed by atoms with Gasteiger partial charge in [0.2, 0.25) is 0 Å². The van der Waals surface area contributed by atoms with Gasteiger partial charge in [0.05, 0.1) is 18.1 Å². The molecule has 0 saturated heterocycles. The number of benzene rings is 1. The molecule has 0 fully saturated rings. The van der Waals surface area contributed by atoms with Gasteiger partial charge >= 0.3 is 0 Å². The molecule has 0 unspecified atom stereocenters. The van der Waals surface area contributed by atoms with Crippen LogP contribution >= 0.6 is 0 Å². The number of anilines is 1. The van der Waals surface area contributed by atoms with E-state index in [1.54, 1.807) is 17.1 Å². The molecule has 2 rings (SSSR count). The van der Waals surface area contributed by atoms with Crippen LogP contribution in [0.4, 0.5) is 5.69 Å². The van der Waals surface area contributed by atoms with Crippen molar-refractivity contribution in [1.82, 2.24) is 9.78 Å². The zero-order valence-electron chi connectivity index (χ0n) is 11.1. The topological polar surface area (TPSA) is 53.1 Å². The lowest BCUT2D eigenvalue weighted by Crippen LogP contribution is -2.11. The molecule has 0 aliphatic rings. The van der Waals surface area contributed by atoms with Crippen molar-refractivity contribution in [3.63, 3.8) is 0 Å². The number of nitrogen functional groups attached to an aromatic ring is 1. The zero-order chi connectivity index (χ0) is 13.2. The molecule has 4 heteroatoms. The first-order valence-corrected chi connectivity index (χ1v) is 5.96. The molecule has 4 nitrogen and oxygen atoms in total. The van der Waals surface area contributed by atoms with Gasteiger partial charge in [0.1, 0.15) is 5.75 Å². The van der Waals surface area contributed by atoms with E-state index in [0.717, 1.165) is 5.75 Å². The normalized spacial score (nSPS) is 11.5. The number of hydrogen-bond donors (Lipinski definition) is 1. The average molecular weight is 245 g/mol. The molecule has 2 aromatic rings. The monoisotopic (exact) mass is 245 g/mol. The van der Waals surface area contributed by atoms with Gasteiger partial charge in [-0.2, -0.15) is 5.10 Å². The van der Waals surface area contributed by atoms with Crippen LogP contribution in [0.15, 0.2) is 36.7 Å². The second kappa shape index (κ2) is 4.72. The second-order valence-corrected chi connectivity index (χ2v) is 5.36. The first-order valence-electron chi connectivity index (χ1n) is 5.96. The quantitative estimate of drug-likeness (QED) is 0.904. The van der Waals surface area contributed by atoms with Crippen molar-refractivity contribution in [3.05, 3.63) is 42.2 Å². The Morgan fingerprint density at radius 3 is 2.72 bits per heavy atom. The van der Waals surface area contributed by atoms with Gasteiger partial charge in [-0.25, -0.2) is 4.68 Å². The molecule has 0 saturated carbocycles. The summed E-state index contributed by atoms with van der Waals surface area (Å²) < 4.78 is 7.35. The first-order chi connectivity index (χ1) is 8.45. The van der Waals surface area contributed by atoms with Crippen LogP contribution in [0.2, 0.25) is 0 Å². The Morgan fingerprint density at radius 2 is 2.11 bits per heavy atom. The van der Waals surface area contributed by atoms with Gasteiger partial charge in [0.15, 0.2) is 6.73 Å². The molecule has 2 N–H and O–H groups in total. The van der Waals surface area contributed by atoms with E-state index in [0.29, 0.717) is 12.4 Å². The van der Waals surface area contributed by atoms with Gasteiger partial charge in [-0.15, -0.1) is 0 Å². The SMILES string of the molecule is CC(C)(C)c1cccc(OCn2cc(N)cn2)c1. The Balaban J connectivity index is 2.06. The van der Waals surface area contributed by atoms with Crippen LogP contribution < -0.4 is 10.5 Å². The van der Waals surface area contributed by atoms with Gasteiger partial charge in [-0.1, -0.05) is 32.9 Å². The molecule has 0 amide bonds. The summed E-state index contributed by atoms with van der Waals surface area (Å²) in [4.78, 5) is 0. The predicted molar refractivity (Wildman–Crippen MR) is 72.4 cm³/mol. The molecule has 1 aromatic heterocycles. The lowest BCUT2D eigenvalue weighted by atomic mass is 9.87. The summed E-state index contributed by atoms with van der Waals surface area (Å²) in [6.07, 6.45) is 3.35. The number of rotatable bonds is 3. The number of aromatic nitrogens is 2. The van der Waals surface area contributed by atoms with E-state index >= 15 is 0 Å². The summed E-state index contributed by atoms with van der Waals surface area (Å²) in [6, 6.07) is 8.13. The minimum atomic E-state index is 0.121. The number of nitrogens with two attached hydrogens (primary N) is 1. The maximum atomic E-state index is 5.69. The lowest BCUT2D eigenvalue weighted by molar-refractivity contribution is 0.220. The molecule has 1 heterocycles. The second-order valence-electron chi connectivity index (χ2n) is 5.36. The number of hydrogen-bond acceptors (Lipinski definition) is 3. The molecule has 0 bridgehead atoms. The molecule has 0 aliphatic heterocycles. The van der Waals surface area contributed by atoms with Gasteiger partial charge in [-0.3, -0.25) is 0 Å². The van der Waals surface area contributed by atoms with Crippen molar-refractivity contribution >= 4 is 5.69 Å². The summed E-state index contributed by atoms with van der Waals surface area (Å²) in [5, 5.41) is 4.07. The highest BCUT2D eigenvalue weighted by Gasteiger charge is 2.13. The van der Waals surface area contributed by atoms with Crippen LogP contribution in [-0.2, 0) is 12.1 Å². The molecule has 96 valence electrons. The number of nitrogens with zero attached hydrogens (tertiary/aromatic N) is 2. The first kappa shape index (κ1) is 12.5. The highest BCUT2D eigenvalue weighted by atomic mass is 16.5. The van der Waals surface area contributed by atoms with E-state index < -0.39 is 0 Å². The van der Waals surface area contributed by atoms with E-state index in [1.807, 2.05) is 12.1 Å². The van der Waals surface area contributed by atoms with E-state index in [4.69, 9.17) is 10.5 Å². The summed E-state index contributed by atoms with van der Waals surface area (Å²) in [7, 11) is 0. The van der Waals surface area contributed by atoms with E-state index in [-0.39, 0.29) is 5.41 Å². The zero-order valence-corrected chi connectivity index (χ0v) is 11.1. The highest BCUT2D eigenvalue weighted by molar-refractivity contribution is 5.33. The molecular formula is C14H19N3O. The fourth-order valence-corrected chi connectivity index (χ4v) is 1.64. The summed E-state index contributed by atoms with van der Waals surface area (Å²) in [6.45, 7) is 6.91. The maximum Gasteiger partial charge on any atom is 0.180 e. The van der Waals surface area contributed by atoms with Crippen molar-refractivity contribution in [2.45, 2.75) is 32.9 Å². The summed E-state index contributed by atoms with van der Waals surface area (Å²) >= 11 is 0. The van der Waals surface area contributed by atoms with Crippen LogP contribution in [-0.4, -0.2) is 9.78 Å². The predicted octanol–water partition coefficient (Wildman–Crippen LogP) is 2.80. The fraction of sp³-hybridized carbons (Fsp3) is 0.357. The maximum absolute atomic E-state index is 5.69. The third-order valence-corrected chi connectivity index (χ3v) is 2.72. The summed E-state index contributed by atoms with van der Waals surface area (Å²) in [5.41, 5.74) is 7.60. The van der Waals surface area contributed by atoms with Crippen LogP contribution in [0, 0.1) is 0 Å². The summed E-state index contributed by atoms with van der Waals surface area (Å²) in [5.74, 6) is 0.844. The van der Waals surface area contributed by atoms with E-state index in [1.165, 1.54) is 5.56 Å². The fourth-order valence-electron chi connectivity index (χ4n) is 1.64. The minimum absolute atomic E-state index is 0.121. The van der Waals surface area contributed by atoms with Crippen LogP contribution in [0.25, 0.3) is 0 Å². The molecule has 0 spiro atoms. The minimum Gasteiger partial charge on any atom is -0.471 e. The Kier molecular flexibility index (Phi) is 3.28. The van der Waals surface area contributed by atoms with Gasteiger partial charge in [-0.05, 0) is 23.1 Å². The highest BCUT2D eigenvalue weighted by Crippen LogP contribution is 2.25. The average Bonchev–Trinajstić information content (AvgIpc) is 2.72. The van der Waals surface area contributed by atoms with Crippen molar-refractivity contribution < 1.29 is 4.74 Å². The number of ether oxygens (including phenoxy) is 1. The van der Waals surface area contributed by atoms with Crippen molar-refractivity contribution in [2.75, 3.05) is 5.73 Å². The van der Waals surface area contributed by atoms with Crippen molar-refractivity contribution in [2.24, 2.45) is 0 Å². The Bertz CT molecular complexity index is 526. The standard InChI is InChI=1S/C14H19N3O/c1-14(2,3)11-5-4-6-13(7-11)18-10-17-9-12(15)8-16-17/h4-9H,10,15H2,1-3H3. The van der Waals surface area contributed by atoms with Crippen LogP contribution in [0.5, 0.6) is 5.75 Å². The third kappa shape index (κ3) is 3.03. The molecule has 0 radical (unpaired) electrons. The Hall–Kier alpha value is -1.97. The molecule has 1 aromatic carbocycles. The van der Waals surface area contributed by atoms with E-state index in [9.17, 15) is 0 Å². The van der Waals surface area contributed by atoms with Crippen molar-refractivity contribution in [3.8, 4) is 5.75 Å². The Morgan fingerprint density at radius 1 is 1.33 bits per heavy atom. The van der Waals surface area contributed by atoms with E-state index in [2.05, 4.69) is 38.0 Å². The lowest BCUT2D eigenvalue weighted by Gasteiger charge is -2.19. The largest absolute Gasteiger partial charge is 0.471 e. The third-order valence-electron chi connectivity index (χ3n) is 2.72. The van der Waals surface area contributed by atoms with Gasteiger partial charge < -0.3 is 10.5 Å². The molecule has 0 atom stereocenters. The van der Waals surface area contributed by atoms with Crippen molar-refractivity contribution in [1.29, 1.82) is 0 Å². The molecule has 18 heavy (non-hydrogen) atoms. The Labute approximate surface area is 107 Å². The van der Waals surface area contributed by atoms with Gasteiger partial charge in [0, 0.05) is 0 Å². The molecule has 0 aliphatic carbocycles.